The minimum absolute atomic E-state index is 0.287. The third kappa shape index (κ3) is 2.53. The van der Waals surface area contributed by atoms with Crippen LogP contribution in [0.15, 0.2) is 71.8 Å². The molecular weight excluding hydrogens is 316 g/mol. The Morgan fingerprint density at radius 1 is 1.04 bits per heavy atom. The topological polar surface area (TPSA) is 85.8 Å². The second kappa shape index (κ2) is 5.83. The SMILES string of the molecule is Nc1cn(C(=O)c2c[nH]c(=O)n2Cc2ccccc2)c2ccccc12. The lowest BCUT2D eigenvalue weighted by atomic mass is 10.2. The molecule has 0 radical (unpaired) electrons. The van der Waals surface area contributed by atoms with Crippen LogP contribution in [0.25, 0.3) is 10.9 Å². The Labute approximate surface area is 143 Å². The number of carbonyl (C=O) groups is 1. The van der Waals surface area contributed by atoms with Crippen LogP contribution in [-0.4, -0.2) is 20.0 Å². The maximum absolute atomic E-state index is 13.0. The highest BCUT2D eigenvalue weighted by Crippen LogP contribution is 2.23. The summed E-state index contributed by atoms with van der Waals surface area (Å²) >= 11 is 0. The monoisotopic (exact) mass is 332 g/mol. The highest BCUT2D eigenvalue weighted by Gasteiger charge is 2.19. The second-order valence-corrected chi connectivity index (χ2v) is 5.83. The number of hydrogen-bond donors (Lipinski definition) is 2. The van der Waals surface area contributed by atoms with E-state index in [0.717, 1.165) is 10.9 Å². The molecule has 2 aromatic heterocycles. The number of para-hydroxylation sites is 1. The molecule has 2 aromatic carbocycles. The van der Waals surface area contributed by atoms with Crippen LogP contribution >= 0.6 is 0 Å². The molecule has 0 saturated carbocycles. The highest BCUT2D eigenvalue weighted by molar-refractivity contribution is 6.04. The van der Waals surface area contributed by atoms with Crippen molar-refractivity contribution in [2.45, 2.75) is 6.54 Å². The van der Waals surface area contributed by atoms with Gasteiger partial charge in [-0.15, -0.1) is 0 Å². The summed E-state index contributed by atoms with van der Waals surface area (Å²) in [4.78, 5) is 27.8. The summed E-state index contributed by atoms with van der Waals surface area (Å²) in [6.07, 6.45) is 3.04. The van der Waals surface area contributed by atoms with Crippen molar-refractivity contribution in [1.29, 1.82) is 0 Å². The predicted octanol–water partition coefficient (Wildman–Crippen LogP) is 2.45. The van der Waals surface area contributed by atoms with E-state index in [9.17, 15) is 9.59 Å². The maximum atomic E-state index is 13.0. The van der Waals surface area contributed by atoms with Gasteiger partial charge in [0, 0.05) is 17.8 Å². The summed E-state index contributed by atoms with van der Waals surface area (Å²) in [6.45, 7) is 0.318. The van der Waals surface area contributed by atoms with E-state index in [1.54, 1.807) is 6.20 Å². The number of aromatic amines is 1. The third-order valence-electron chi connectivity index (χ3n) is 4.23. The molecule has 0 bridgehead atoms. The maximum Gasteiger partial charge on any atom is 0.326 e. The van der Waals surface area contributed by atoms with Crippen molar-refractivity contribution in [3.05, 3.63) is 88.7 Å². The Morgan fingerprint density at radius 2 is 1.76 bits per heavy atom. The third-order valence-corrected chi connectivity index (χ3v) is 4.23. The van der Waals surface area contributed by atoms with Gasteiger partial charge in [0.05, 0.1) is 17.7 Å². The van der Waals surface area contributed by atoms with Crippen LogP contribution in [0.1, 0.15) is 16.1 Å². The van der Waals surface area contributed by atoms with E-state index in [4.69, 9.17) is 5.73 Å². The Morgan fingerprint density at radius 3 is 2.56 bits per heavy atom. The number of H-pyrrole nitrogens is 1. The van der Waals surface area contributed by atoms with Gasteiger partial charge < -0.3 is 10.7 Å². The summed E-state index contributed by atoms with van der Waals surface area (Å²) in [6, 6.07) is 16.9. The molecule has 0 aliphatic rings. The fourth-order valence-electron chi connectivity index (χ4n) is 2.99. The molecule has 0 fully saturated rings. The molecule has 0 unspecified atom stereocenters. The molecule has 6 heteroatoms. The number of fused-ring (bicyclic) bond motifs is 1. The normalized spacial score (nSPS) is 11.0. The summed E-state index contributed by atoms with van der Waals surface area (Å²) in [5, 5.41) is 0.809. The van der Waals surface area contributed by atoms with Gasteiger partial charge >= 0.3 is 5.69 Å². The van der Waals surface area contributed by atoms with Crippen LogP contribution in [0.4, 0.5) is 5.69 Å². The minimum atomic E-state index is -0.323. The molecule has 4 rings (SSSR count). The van der Waals surface area contributed by atoms with Crippen molar-refractivity contribution in [1.82, 2.24) is 14.1 Å². The van der Waals surface area contributed by atoms with E-state index >= 15 is 0 Å². The average molecular weight is 332 g/mol. The highest BCUT2D eigenvalue weighted by atomic mass is 16.2. The molecule has 0 aliphatic carbocycles. The lowest BCUT2D eigenvalue weighted by molar-refractivity contribution is 0.0956. The zero-order valence-electron chi connectivity index (χ0n) is 13.3. The van der Waals surface area contributed by atoms with Crippen molar-refractivity contribution in [2.24, 2.45) is 0 Å². The molecule has 25 heavy (non-hydrogen) atoms. The van der Waals surface area contributed by atoms with E-state index < -0.39 is 0 Å². The van der Waals surface area contributed by atoms with Gasteiger partial charge in [-0.1, -0.05) is 48.5 Å². The first-order valence-corrected chi connectivity index (χ1v) is 7.87. The van der Waals surface area contributed by atoms with Crippen LogP contribution in [-0.2, 0) is 6.54 Å². The summed E-state index contributed by atoms with van der Waals surface area (Å²) in [7, 11) is 0. The number of hydrogen-bond acceptors (Lipinski definition) is 3. The van der Waals surface area contributed by atoms with Crippen LogP contribution in [0.3, 0.4) is 0 Å². The number of anilines is 1. The van der Waals surface area contributed by atoms with Crippen LogP contribution in [0, 0.1) is 0 Å². The molecule has 3 N–H and O–H groups in total. The zero-order chi connectivity index (χ0) is 17.4. The summed E-state index contributed by atoms with van der Waals surface area (Å²) in [5.41, 5.74) is 8.15. The van der Waals surface area contributed by atoms with Gasteiger partial charge in [-0.05, 0) is 11.6 Å². The first-order chi connectivity index (χ1) is 12.1. The predicted molar refractivity (Wildman–Crippen MR) is 96.7 cm³/mol. The average Bonchev–Trinajstić information content (AvgIpc) is 3.17. The van der Waals surface area contributed by atoms with Gasteiger partial charge in [-0.3, -0.25) is 13.9 Å². The van der Waals surface area contributed by atoms with Gasteiger partial charge in [-0.2, -0.15) is 0 Å². The standard InChI is InChI=1S/C19H16N4O2/c20-15-12-22(16-9-5-4-8-14(15)16)18(24)17-10-21-19(25)23(17)11-13-6-2-1-3-7-13/h1-10,12H,11,20H2,(H,21,25). The van der Waals surface area contributed by atoms with Gasteiger partial charge in [0.15, 0.2) is 0 Å². The van der Waals surface area contributed by atoms with Crippen molar-refractivity contribution in [3.63, 3.8) is 0 Å². The van der Waals surface area contributed by atoms with Crippen molar-refractivity contribution in [3.8, 4) is 0 Å². The first kappa shape index (κ1) is 15.0. The number of nitrogens with two attached hydrogens (primary N) is 1. The van der Waals surface area contributed by atoms with Gasteiger partial charge in [0.1, 0.15) is 5.69 Å². The molecule has 0 amide bonds. The summed E-state index contributed by atoms with van der Waals surface area (Å²) in [5.74, 6) is -0.304. The van der Waals surface area contributed by atoms with E-state index in [1.807, 2.05) is 54.6 Å². The molecule has 0 spiro atoms. The number of rotatable bonds is 3. The largest absolute Gasteiger partial charge is 0.397 e. The number of carbonyl (C=O) groups excluding carboxylic acids is 1. The fourth-order valence-corrected chi connectivity index (χ4v) is 2.99. The molecule has 0 saturated heterocycles. The van der Waals surface area contributed by atoms with Crippen LogP contribution in [0.5, 0.6) is 0 Å². The Bertz CT molecular complexity index is 1120. The molecule has 0 atom stereocenters. The lowest BCUT2D eigenvalue weighted by Crippen LogP contribution is -2.24. The Hall–Kier alpha value is -3.54. The Balaban J connectivity index is 1.80. The van der Waals surface area contributed by atoms with Gasteiger partial charge in [0.25, 0.3) is 5.91 Å². The van der Waals surface area contributed by atoms with Crippen molar-refractivity contribution >= 4 is 22.5 Å². The lowest BCUT2D eigenvalue weighted by Gasteiger charge is -2.08. The van der Waals surface area contributed by atoms with E-state index in [1.165, 1.54) is 15.3 Å². The number of nitrogens with zero attached hydrogens (tertiary/aromatic N) is 2. The molecule has 6 nitrogen and oxygen atoms in total. The number of nitrogen functional groups attached to an aromatic ring is 1. The minimum Gasteiger partial charge on any atom is -0.397 e. The van der Waals surface area contributed by atoms with Crippen LogP contribution < -0.4 is 11.4 Å². The van der Waals surface area contributed by atoms with E-state index in [0.29, 0.717) is 17.7 Å². The fraction of sp³-hybridized carbons (Fsp3) is 0.0526. The molecule has 0 aliphatic heterocycles. The molecule has 124 valence electrons. The second-order valence-electron chi connectivity index (χ2n) is 5.83. The van der Waals surface area contributed by atoms with E-state index in [-0.39, 0.29) is 17.3 Å². The molecule has 2 heterocycles. The van der Waals surface area contributed by atoms with Crippen molar-refractivity contribution in [2.75, 3.05) is 5.73 Å². The zero-order valence-corrected chi connectivity index (χ0v) is 13.3. The van der Waals surface area contributed by atoms with E-state index in [2.05, 4.69) is 4.98 Å². The molecular formula is C19H16N4O2. The number of aromatic nitrogens is 3. The summed E-state index contributed by atoms with van der Waals surface area (Å²) < 4.78 is 2.91. The quantitative estimate of drug-likeness (QED) is 0.604. The van der Waals surface area contributed by atoms with Crippen LogP contribution in [0.2, 0.25) is 0 Å². The number of imidazole rings is 1. The Kier molecular flexibility index (Phi) is 3.50. The van der Waals surface area contributed by atoms with Crippen molar-refractivity contribution < 1.29 is 4.79 Å². The molecule has 4 aromatic rings. The van der Waals surface area contributed by atoms with Gasteiger partial charge in [-0.25, -0.2) is 4.79 Å². The first-order valence-electron chi connectivity index (χ1n) is 7.87. The smallest absolute Gasteiger partial charge is 0.326 e. The van der Waals surface area contributed by atoms with Gasteiger partial charge in [0.2, 0.25) is 0 Å². The number of nitrogens with one attached hydrogen (secondary N) is 1. The number of benzene rings is 2.